The molecule has 1 amide bonds. The zero-order chi connectivity index (χ0) is 21.0. The van der Waals surface area contributed by atoms with Gasteiger partial charge in [-0.15, -0.1) is 0 Å². The Bertz CT molecular complexity index is 979. The summed E-state index contributed by atoms with van der Waals surface area (Å²) in [6, 6.07) is 11.3. The van der Waals surface area contributed by atoms with E-state index >= 15 is 0 Å². The van der Waals surface area contributed by atoms with Crippen LogP contribution in [-0.4, -0.2) is 45.9 Å². The normalized spacial score (nSPS) is 17.6. The number of halogens is 1. The molecule has 1 aliphatic rings. The molecule has 7 nitrogen and oxygen atoms in total. The van der Waals surface area contributed by atoms with Crippen LogP contribution < -0.4 is 14.8 Å². The summed E-state index contributed by atoms with van der Waals surface area (Å²) in [5.41, 5.74) is 0.637. The predicted octanol–water partition coefficient (Wildman–Crippen LogP) is 3.40. The van der Waals surface area contributed by atoms with Gasteiger partial charge in [0.25, 0.3) is 0 Å². The van der Waals surface area contributed by atoms with E-state index in [0.29, 0.717) is 36.6 Å². The second-order valence-electron chi connectivity index (χ2n) is 6.72. The minimum absolute atomic E-state index is 0.0829. The molecule has 156 valence electrons. The van der Waals surface area contributed by atoms with E-state index in [-0.39, 0.29) is 22.4 Å². The molecule has 29 heavy (non-hydrogen) atoms. The van der Waals surface area contributed by atoms with E-state index in [2.05, 4.69) is 5.32 Å². The fourth-order valence-corrected chi connectivity index (χ4v) is 5.12. The van der Waals surface area contributed by atoms with E-state index in [1.165, 1.54) is 29.6 Å². The number of rotatable bonds is 6. The topological polar surface area (TPSA) is 84.9 Å². The van der Waals surface area contributed by atoms with Crippen molar-refractivity contribution in [2.24, 2.45) is 5.92 Å². The summed E-state index contributed by atoms with van der Waals surface area (Å²) < 4.78 is 37.6. The van der Waals surface area contributed by atoms with Crippen LogP contribution in [0.15, 0.2) is 47.4 Å². The molecule has 0 spiro atoms. The van der Waals surface area contributed by atoms with Gasteiger partial charge in [0, 0.05) is 18.8 Å². The number of sulfonamides is 1. The summed E-state index contributed by atoms with van der Waals surface area (Å²) in [5, 5.41) is 3.07. The van der Waals surface area contributed by atoms with Crippen molar-refractivity contribution in [2.45, 2.75) is 17.7 Å². The van der Waals surface area contributed by atoms with Crippen molar-refractivity contribution in [3.63, 3.8) is 0 Å². The average Bonchev–Trinajstić information content (AvgIpc) is 2.74. The highest BCUT2D eigenvalue weighted by molar-refractivity contribution is 7.89. The summed E-state index contributed by atoms with van der Waals surface area (Å²) in [7, 11) is -0.727. The highest BCUT2D eigenvalue weighted by atomic mass is 35.5. The number of piperidine rings is 1. The van der Waals surface area contributed by atoms with Crippen molar-refractivity contribution in [1.29, 1.82) is 0 Å². The van der Waals surface area contributed by atoms with Crippen molar-refractivity contribution >= 4 is 33.2 Å². The van der Waals surface area contributed by atoms with Crippen LogP contribution in [0.2, 0.25) is 5.02 Å². The zero-order valence-corrected chi connectivity index (χ0v) is 17.8. The Labute approximate surface area is 175 Å². The maximum Gasteiger partial charge on any atom is 0.243 e. The second-order valence-corrected chi connectivity index (χ2v) is 9.06. The highest BCUT2D eigenvalue weighted by Gasteiger charge is 2.33. The number of methoxy groups -OCH3 is 2. The minimum Gasteiger partial charge on any atom is -0.497 e. The van der Waals surface area contributed by atoms with Gasteiger partial charge in [-0.25, -0.2) is 8.42 Å². The number of nitrogens with one attached hydrogen (secondary N) is 1. The van der Waals surface area contributed by atoms with Gasteiger partial charge in [0.2, 0.25) is 15.9 Å². The van der Waals surface area contributed by atoms with E-state index in [1.807, 2.05) is 0 Å². The maximum absolute atomic E-state index is 13.0. The van der Waals surface area contributed by atoms with Crippen molar-refractivity contribution in [3.05, 3.63) is 47.5 Å². The van der Waals surface area contributed by atoms with Crippen molar-refractivity contribution in [1.82, 2.24) is 4.31 Å². The van der Waals surface area contributed by atoms with Gasteiger partial charge >= 0.3 is 0 Å². The van der Waals surface area contributed by atoms with Gasteiger partial charge in [-0.2, -0.15) is 4.31 Å². The average molecular weight is 439 g/mol. The van der Waals surface area contributed by atoms with Crippen LogP contribution in [-0.2, 0) is 14.8 Å². The van der Waals surface area contributed by atoms with Crippen LogP contribution in [0.3, 0.4) is 0 Å². The third kappa shape index (κ3) is 4.83. The Morgan fingerprint density at radius 1 is 1.14 bits per heavy atom. The third-order valence-electron chi connectivity index (χ3n) is 4.87. The molecule has 0 radical (unpaired) electrons. The van der Waals surface area contributed by atoms with Gasteiger partial charge in [-0.1, -0.05) is 11.6 Å². The highest BCUT2D eigenvalue weighted by Crippen LogP contribution is 2.30. The van der Waals surface area contributed by atoms with Gasteiger partial charge in [0.05, 0.1) is 30.1 Å². The molecular weight excluding hydrogens is 416 g/mol. The van der Waals surface area contributed by atoms with E-state index in [1.54, 1.807) is 31.4 Å². The number of nitrogens with zero attached hydrogens (tertiary/aromatic N) is 1. The molecule has 0 aromatic heterocycles. The first-order chi connectivity index (χ1) is 13.8. The van der Waals surface area contributed by atoms with Gasteiger partial charge in [-0.3, -0.25) is 4.79 Å². The molecule has 2 aromatic rings. The predicted molar refractivity (Wildman–Crippen MR) is 111 cm³/mol. The Hall–Kier alpha value is -2.29. The molecule has 9 heteroatoms. The molecule has 1 N–H and O–H groups in total. The van der Waals surface area contributed by atoms with Crippen LogP contribution in [0.5, 0.6) is 11.5 Å². The SMILES string of the molecule is COc1ccc(NC(=O)[C@H]2CCCN(S(=O)(=O)c3ccc(OC)c(Cl)c3)C2)cc1. The number of ether oxygens (including phenoxy) is 2. The quantitative estimate of drug-likeness (QED) is 0.747. The summed E-state index contributed by atoms with van der Waals surface area (Å²) in [5.74, 6) is 0.453. The Morgan fingerprint density at radius 2 is 1.86 bits per heavy atom. The lowest BCUT2D eigenvalue weighted by Gasteiger charge is -2.31. The molecule has 1 saturated heterocycles. The second kappa shape index (κ2) is 9.02. The van der Waals surface area contributed by atoms with Crippen LogP contribution in [0.4, 0.5) is 5.69 Å². The first kappa shape index (κ1) is 21.4. The molecule has 2 aromatic carbocycles. The number of anilines is 1. The van der Waals surface area contributed by atoms with Gasteiger partial charge in [0.1, 0.15) is 11.5 Å². The number of benzene rings is 2. The lowest BCUT2D eigenvalue weighted by Crippen LogP contribution is -2.43. The van der Waals surface area contributed by atoms with Crippen LogP contribution in [0.1, 0.15) is 12.8 Å². The summed E-state index contributed by atoms with van der Waals surface area (Å²) in [6.07, 6.45) is 1.22. The van der Waals surface area contributed by atoms with E-state index < -0.39 is 15.9 Å². The van der Waals surface area contributed by atoms with E-state index in [4.69, 9.17) is 21.1 Å². The monoisotopic (exact) mass is 438 g/mol. The molecule has 1 atom stereocenters. The zero-order valence-electron chi connectivity index (χ0n) is 16.2. The van der Waals surface area contributed by atoms with Gasteiger partial charge in [0.15, 0.2) is 0 Å². The molecule has 1 aliphatic heterocycles. The van der Waals surface area contributed by atoms with Gasteiger partial charge < -0.3 is 14.8 Å². The van der Waals surface area contributed by atoms with E-state index in [9.17, 15) is 13.2 Å². The molecule has 0 bridgehead atoms. The van der Waals surface area contributed by atoms with Crippen LogP contribution in [0.25, 0.3) is 0 Å². The van der Waals surface area contributed by atoms with Crippen LogP contribution >= 0.6 is 11.6 Å². The first-order valence-corrected chi connectivity index (χ1v) is 11.0. The molecule has 0 aliphatic carbocycles. The molecule has 1 heterocycles. The first-order valence-electron chi connectivity index (χ1n) is 9.13. The largest absolute Gasteiger partial charge is 0.497 e. The van der Waals surface area contributed by atoms with E-state index in [0.717, 1.165) is 0 Å². The molecule has 0 saturated carbocycles. The molecular formula is C20H23ClN2O5S. The molecule has 1 fully saturated rings. The lowest BCUT2D eigenvalue weighted by molar-refractivity contribution is -0.120. The Morgan fingerprint density at radius 3 is 2.48 bits per heavy atom. The maximum atomic E-state index is 13.0. The summed E-state index contributed by atoms with van der Waals surface area (Å²) >= 11 is 6.08. The number of hydrogen-bond acceptors (Lipinski definition) is 5. The number of hydrogen-bond donors (Lipinski definition) is 1. The minimum atomic E-state index is -3.76. The summed E-state index contributed by atoms with van der Waals surface area (Å²) in [6.45, 7) is 0.478. The Kier molecular flexibility index (Phi) is 6.66. The fourth-order valence-electron chi connectivity index (χ4n) is 3.25. The molecule has 3 rings (SSSR count). The van der Waals surface area contributed by atoms with Gasteiger partial charge in [-0.05, 0) is 55.3 Å². The number of carbonyl (C=O) groups is 1. The lowest BCUT2D eigenvalue weighted by atomic mass is 9.99. The van der Waals surface area contributed by atoms with Crippen molar-refractivity contribution in [2.75, 3.05) is 32.6 Å². The number of carbonyl (C=O) groups excluding carboxylic acids is 1. The summed E-state index contributed by atoms with van der Waals surface area (Å²) in [4.78, 5) is 12.8. The fraction of sp³-hybridized carbons (Fsp3) is 0.350. The standard InChI is InChI=1S/C20H23ClN2O5S/c1-27-16-7-5-15(6-8-16)22-20(24)14-4-3-11-23(13-14)29(25,26)17-9-10-19(28-2)18(21)12-17/h5-10,12,14H,3-4,11,13H2,1-2H3,(H,22,24)/t14-/m0/s1. The number of amides is 1. The smallest absolute Gasteiger partial charge is 0.243 e. The Balaban J connectivity index is 1.71. The molecule has 0 unspecified atom stereocenters. The van der Waals surface area contributed by atoms with Crippen molar-refractivity contribution < 1.29 is 22.7 Å². The van der Waals surface area contributed by atoms with Crippen LogP contribution in [0, 0.1) is 5.92 Å². The third-order valence-corrected chi connectivity index (χ3v) is 7.03. The van der Waals surface area contributed by atoms with Crippen molar-refractivity contribution in [3.8, 4) is 11.5 Å².